The summed E-state index contributed by atoms with van der Waals surface area (Å²) < 4.78 is 10.8. The van der Waals surface area contributed by atoms with Crippen molar-refractivity contribution in [3.8, 4) is 0 Å². The average molecular weight is 634 g/mol. The third-order valence-electron chi connectivity index (χ3n) is 8.46. The predicted octanol–water partition coefficient (Wildman–Crippen LogP) is 3.54. The summed E-state index contributed by atoms with van der Waals surface area (Å²) >= 11 is 0. The minimum absolute atomic E-state index is 0.00748. The summed E-state index contributed by atoms with van der Waals surface area (Å²) in [6, 6.07) is 15.6. The standard InChI is InChI=1S/C35H43N3O8/c1-22(2)18-28(38-35(44)46-30-15-9-14-25(30)19-23-10-5-3-6-11-23)33(42)37-27(20-26-16-17-36-32(26)41)29(39)21-45-34(43)31(40)24-12-7-4-8-13-24/h3-8,10-13,22,25-28,30H,9,14-21H2,1-2H3,(H,36,41)(H,37,42)(H,38,44)/t25?,26-,27-,28-,30?/m0/s1. The first kappa shape index (κ1) is 34.3. The molecule has 1 aliphatic heterocycles. The van der Waals surface area contributed by atoms with Gasteiger partial charge in [0, 0.05) is 23.9 Å². The second kappa shape index (κ2) is 16.7. The SMILES string of the molecule is CC(C)C[C@H](NC(=O)OC1CCCC1Cc1ccccc1)C(=O)N[C@@H](C[C@@H]1CCNC1=O)C(=O)COC(=O)C(=O)c1ccccc1. The van der Waals surface area contributed by atoms with Crippen LogP contribution >= 0.6 is 0 Å². The molecule has 1 heterocycles. The quantitative estimate of drug-likeness (QED) is 0.153. The maximum atomic E-state index is 13.6. The Labute approximate surface area is 269 Å². The van der Waals surface area contributed by atoms with E-state index >= 15 is 0 Å². The van der Waals surface area contributed by atoms with Crippen LogP contribution in [-0.4, -0.2) is 66.8 Å². The fourth-order valence-electron chi connectivity index (χ4n) is 6.03. The fourth-order valence-corrected chi connectivity index (χ4v) is 6.03. The van der Waals surface area contributed by atoms with Gasteiger partial charge in [-0.1, -0.05) is 74.5 Å². The molecule has 1 saturated carbocycles. The number of rotatable bonds is 15. The number of ketones is 2. The lowest BCUT2D eigenvalue weighted by molar-refractivity contribution is -0.144. The highest BCUT2D eigenvalue weighted by Gasteiger charge is 2.35. The van der Waals surface area contributed by atoms with Crippen molar-refractivity contribution in [3.05, 3.63) is 71.8 Å². The van der Waals surface area contributed by atoms with Crippen molar-refractivity contribution in [1.29, 1.82) is 0 Å². The largest absolute Gasteiger partial charge is 0.452 e. The maximum Gasteiger partial charge on any atom is 0.408 e. The van der Waals surface area contributed by atoms with Gasteiger partial charge >= 0.3 is 12.1 Å². The lowest BCUT2D eigenvalue weighted by atomic mass is 9.95. The van der Waals surface area contributed by atoms with Crippen LogP contribution in [0.5, 0.6) is 0 Å². The van der Waals surface area contributed by atoms with Gasteiger partial charge in [0.2, 0.25) is 11.8 Å². The van der Waals surface area contributed by atoms with Crippen molar-refractivity contribution < 1.29 is 38.2 Å². The van der Waals surface area contributed by atoms with Gasteiger partial charge in [-0.2, -0.15) is 0 Å². The van der Waals surface area contributed by atoms with Gasteiger partial charge in [0.15, 0.2) is 12.4 Å². The fraction of sp³-hybridized carbons (Fsp3) is 0.486. The Bertz CT molecular complexity index is 1380. The zero-order valence-electron chi connectivity index (χ0n) is 26.4. The molecule has 1 aliphatic carbocycles. The first-order valence-electron chi connectivity index (χ1n) is 16.0. The molecule has 0 spiro atoms. The van der Waals surface area contributed by atoms with Crippen LogP contribution in [0.25, 0.3) is 0 Å². The van der Waals surface area contributed by atoms with Crippen LogP contribution in [-0.2, 0) is 35.1 Å². The number of carbonyl (C=O) groups excluding carboxylic acids is 6. The lowest BCUT2D eigenvalue weighted by Crippen LogP contribution is -2.53. The van der Waals surface area contributed by atoms with Gasteiger partial charge < -0.3 is 25.4 Å². The number of nitrogens with one attached hydrogen (secondary N) is 3. The highest BCUT2D eigenvalue weighted by atomic mass is 16.6. The van der Waals surface area contributed by atoms with Gasteiger partial charge in [-0.15, -0.1) is 0 Å². The summed E-state index contributed by atoms with van der Waals surface area (Å²) in [6.07, 6.45) is 3.10. The molecule has 2 aromatic carbocycles. The highest BCUT2D eigenvalue weighted by Crippen LogP contribution is 2.31. The van der Waals surface area contributed by atoms with Crippen molar-refractivity contribution >= 4 is 35.4 Å². The van der Waals surface area contributed by atoms with E-state index in [0.717, 1.165) is 25.7 Å². The molecule has 0 aromatic heterocycles. The molecule has 3 amide bonds. The number of ether oxygens (including phenoxy) is 2. The van der Waals surface area contributed by atoms with Crippen molar-refractivity contribution in [1.82, 2.24) is 16.0 Å². The maximum absolute atomic E-state index is 13.6. The Hall–Kier alpha value is -4.54. The van der Waals surface area contributed by atoms with Crippen LogP contribution in [0.15, 0.2) is 60.7 Å². The van der Waals surface area contributed by atoms with E-state index in [4.69, 9.17) is 9.47 Å². The summed E-state index contributed by atoms with van der Waals surface area (Å²) in [7, 11) is 0. The van der Waals surface area contributed by atoms with Crippen molar-refractivity contribution in [2.75, 3.05) is 13.2 Å². The van der Waals surface area contributed by atoms with Gasteiger partial charge in [-0.3, -0.25) is 19.2 Å². The number of amides is 3. The van der Waals surface area contributed by atoms with Crippen LogP contribution in [0, 0.1) is 17.8 Å². The molecule has 46 heavy (non-hydrogen) atoms. The van der Waals surface area contributed by atoms with Crippen molar-refractivity contribution in [3.63, 3.8) is 0 Å². The third-order valence-corrected chi connectivity index (χ3v) is 8.46. The molecular weight excluding hydrogens is 590 g/mol. The Morgan fingerprint density at radius 3 is 2.24 bits per heavy atom. The predicted molar refractivity (Wildman–Crippen MR) is 169 cm³/mol. The molecule has 0 bridgehead atoms. The molecule has 5 atom stereocenters. The van der Waals surface area contributed by atoms with E-state index in [1.165, 1.54) is 17.7 Å². The third kappa shape index (κ3) is 9.98. The molecule has 3 N–H and O–H groups in total. The summed E-state index contributed by atoms with van der Waals surface area (Å²) in [6.45, 7) is 3.46. The summed E-state index contributed by atoms with van der Waals surface area (Å²) in [5, 5.41) is 8.09. The van der Waals surface area contributed by atoms with E-state index in [9.17, 15) is 28.8 Å². The highest BCUT2D eigenvalue weighted by molar-refractivity contribution is 6.40. The zero-order chi connectivity index (χ0) is 33.1. The first-order chi connectivity index (χ1) is 22.1. The summed E-state index contributed by atoms with van der Waals surface area (Å²) in [4.78, 5) is 77.0. The molecule has 2 aromatic rings. The molecule has 1 saturated heterocycles. The normalized spacial score (nSPS) is 20.3. The van der Waals surface area contributed by atoms with Crippen LogP contribution in [0.1, 0.15) is 68.3 Å². The minimum Gasteiger partial charge on any atom is -0.452 e. The van der Waals surface area contributed by atoms with Gasteiger partial charge in [-0.05, 0) is 56.4 Å². The van der Waals surface area contributed by atoms with Gasteiger partial charge in [-0.25, -0.2) is 9.59 Å². The molecule has 11 nitrogen and oxygen atoms in total. The Morgan fingerprint density at radius 1 is 0.891 bits per heavy atom. The van der Waals surface area contributed by atoms with Gasteiger partial charge in [0.1, 0.15) is 12.1 Å². The second-order valence-corrected chi connectivity index (χ2v) is 12.5. The second-order valence-electron chi connectivity index (χ2n) is 12.5. The molecule has 4 rings (SSSR count). The van der Waals surface area contributed by atoms with E-state index in [0.29, 0.717) is 13.0 Å². The average Bonchev–Trinajstić information content (AvgIpc) is 3.66. The van der Waals surface area contributed by atoms with Crippen LogP contribution in [0.2, 0.25) is 0 Å². The van der Waals surface area contributed by atoms with Crippen LogP contribution < -0.4 is 16.0 Å². The Kier molecular flexibility index (Phi) is 12.4. The Balaban J connectivity index is 1.39. The molecule has 2 unspecified atom stereocenters. The van der Waals surface area contributed by atoms with E-state index < -0.39 is 54.1 Å². The number of hydrogen-bond acceptors (Lipinski definition) is 8. The molecule has 0 radical (unpaired) electrons. The van der Waals surface area contributed by atoms with Crippen LogP contribution in [0.4, 0.5) is 4.79 Å². The number of alkyl carbamates (subject to hydrolysis) is 1. The lowest BCUT2D eigenvalue weighted by Gasteiger charge is -2.26. The molecular formula is C35H43N3O8. The summed E-state index contributed by atoms with van der Waals surface area (Å²) in [5.74, 6) is -4.02. The van der Waals surface area contributed by atoms with Gasteiger partial charge in [0.25, 0.3) is 5.78 Å². The number of esters is 1. The summed E-state index contributed by atoms with van der Waals surface area (Å²) in [5.41, 5.74) is 1.29. The number of carbonyl (C=O) groups is 6. The van der Waals surface area contributed by atoms with Gasteiger partial charge in [0.05, 0.1) is 6.04 Å². The monoisotopic (exact) mass is 633 g/mol. The molecule has 2 fully saturated rings. The molecule has 246 valence electrons. The number of benzene rings is 2. The topological polar surface area (TPSA) is 157 Å². The Morgan fingerprint density at radius 2 is 1.59 bits per heavy atom. The van der Waals surface area contributed by atoms with E-state index in [2.05, 4.69) is 16.0 Å². The van der Waals surface area contributed by atoms with E-state index in [-0.39, 0.29) is 42.3 Å². The molecule has 11 heteroatoms. The first-order valence-corrected chi connectivity index (χ1v) is 16.0. The molecule has 2 aliphatic rings. The van der Waals surface area contributed by atoms with E-state index in [1.54, 1.807) is 18.2 Å². The number of hydrogen-bond donors (Lipinski definition) is 3. The van der Waals surface area contributed by atoms with Crippen LogP contribution in [0.3, 0.4) is 0 Å². The van der Waals surface area contributed by atoms with E-state index in [1.807, 2.05) is 44.2 Å². The van der Waals surface area contributed by atoms with Crippen molar-refractivity contribution in [2.45, 2.75) is 77.0 Å². The minimum atomic E-state index is -1.21. The number of Topliss-reactive ketones (excluding diaryl/α,β-unsaturated/α-hetero) is 2. The smallest absolute Gasteiger partial charge is 0.408 e. The zero-order valence-corrected chi connectivity index (χ0v) is 26.4. The van der Waals surface area contributed by atoms with Crippen molar-refractivity contribution in [2.24, 2.45) is 17.8 Å².